The van der Waals surface area contributed by atoms with E-state index >= 15 is 0 Å². The van der Waals surface area contributed by atoms with Gasteiger partial charge in [0.25, 0.3) is 0 Å². The van der Waals surface area contributed by atoms with E-state index in [0.717, 1.165) is 18.4 Å². The van der Waals surface area contributed by atoms with E-state index in [1.54, 1.807) is 23.0 Å². The van der Waals surface area contributed by atoms with Gasteiger partial charge in [-0.25, -0.2) is 0 Å². The summed E-state index contributed by atoms with van der Waals surface area (Å²) >= 11 is 0. The molecule has 0 aromatic carbocycles. The molecular weight excluding hydrogens is 202 g/mol. The highest BCUT2D eigenvalue weighted by molar-refractivity contribution is 5.91. The molecule has 86 valence electrons. The molecule has 1 amide bonds. The maximum absolute atomic E-state index is 11.6. The summed E-state index contributed by atoms with van der Waals surface area (Å²) in [5.41, 5.74) is 0.948. The highest BCUT2D eigenvalue weighted by atomic mass is 16.1. The average Bonchev–Trinajstić information content (AvgIpc) is 2.87. The van der Waals surface area contributed by atoms with Crippen molar-refractivity contribution < 1.29 is 4.79 Å². The van der Waals surface area contributed by atoms with Crippen LogP contribution in [0, 0.1) is 0 Å². The minimum atomic E-state index is -0.00393. The lowest BCUT2D eigenvalue weighted by Gasteiger charge is -2.08. The van der Waals surface area contributed by atoms with Gasteiger partial charge in [-0.2, -0.15) is 5.10 Å². The molecule has 16 heavy (non-hydrogen) atoms. The number of amides is 1. The first-order valence-electron chi connectivity index (χ1n) is 5.71. The summed E-state index contributed by atoms with van der Waals surface area (Å²) in [6, 6.07) is 0.381. The maximum Gasteiger partial charge on any atom is 0.244 e. The molecule has 0 atom stereocenters. The summed E-state index contributed by atoms with van der Waals surface area (Å²) in [6.45, 7) is 0. The predicted octanol–water partition coefficient (Wildman–Crippen LogP) is 1.49. The Balaban J connectivity index is 1.84. The van der Waals surface area contributed by atoms with Crippen molar-refractivity contribution in [1.29, 1.82) is 0 Å². The zero-order valence-corrected chi connectivity index (χ0v) is 9.52. The summed E-state index contributed by atoms with van der Waals surface area (Å²) in [7, 11) is 1.86. The van der Waals surface area contributed by atoms with E-state index in [0.29, 0.717) is 6.04 Å². The van der Waals surface area contributed by atoms with Crippen LogP contribution in [0.1, 0.15) is 31.2 Å². The van der Waals surface area contributed by atoms with Crippen molar-refractivity contribution in [3.05, 3.63) is 24.0 Å². The smallest absolute Gasteiger partial charge is 0.244 e. The Kier molecular flexibility index (Phi) is 3.39. The normalized spacial score (nSPS) is 17.1. The fraction of sp³-hybridized carbons (Fsp3) is 0.500. The molecular formula is C12H17N3O. The van der Waals surface area contributed by atoms with Gasteiger partial charge in [0.05, 0.1) is 6.20 Å². The molecule has 1 saturated carbocycles. The van der Waals surface area contributed by atoms with Crippen molar-refractivity contribution >= 4 is 12.0 Å². The van der Waals surface area contributed by atoms with Gasteiger partial charge in [-0.1, -0.05) is 12.8 Å². The van der Waals surface area contributed by atoms with Gasteiger partial charge in [-0.3, -0.25) is 9.48 Å². The molecule has 0 saturated heterocycles. The SMILES string of the molecule is Cn1cc(/C=C\C(=O)NC2CCCC2)cn1. The lowest BCUT2D eigenvalue weighted by atomic mass is 10.2. The molecule has 0 unspecified atom stereocenters. The first-order chi connectivity index (χ1) is 7.74. The Morgan fingerprint density at radius 2 is 2.31 bits per heavy atom. The van der Waals surface area contributed by atoms with Crippen LogP contribution >= 0.6 is 0 Å². The fourth-order valence-corrected chi connectivity index (χ4v) is 2.02. The number of carbonyl (C=O) groups excluding carboxylic acids is 1. The van der Waals surface area contributed by atoms with Crippen LogP contribution in [0.2, 0.25) is 0 Å². The van der Waals surface area contributed by atoms with E-state index in [9.17, 15) is 4.79 Å². The van der Waals surface area contributed by atoms with Gasteiger partial charge in [0, 0.05) is 30.9 Å². The van der Waals surface area contributed by atoms with Crippen LogP contribution in [0.5, 0.6) is 0 Å². The van der Waals surface area contributed by atoms with Gasteiger partial charge in [-0.05, 0) is 18.9 Å². The Morgan fingerprint density at radius 3 is 2.94 bits per heavy atom. The highest BCUT2D eigenvalue weighted by Gasteiger charge is 2.15. The van der Waals surface area contributed by atoms with Gasteiger partial charge in [0.1, 0.15) is 0 Å². The number of nitrogens with one attached hydrogen (secondary N) is 1. The Hall–Kier alpha value is -1.58. The van der Waals surface area contributed by atoms with Crippen LogP contribution < -0.4 is 5.32 Å². The van der Waals surface area contributed by atoms with Gasteiger partial charge < -0.3 is 5.32 Å². The molecule has 1 aromatic heterocycles. The molecule has 0 radical (unpaired) electrons. The third-order valence-corrected chi connectivity index (χ3v) is 2.85. The van der Waals surface area contributed by atoms with E-state index in [2.05, 4.69) is 10.4 Å². The summed E-state index contributed by atoms with van der Waals surface area (Å²) in [4.78, 5) is 11.6. The molecule has 4 heteroatoms. The third kappa shape index (κ3) is 2.95. The second-order valence-electron chi connectivity index (χ2n) is 4.27. The second kappa shape index (κ2) is 4.96. The summed E-state index contributed by atoms with van der Waals surface area (Å²) in [5.74, 6) is -0.00393. The molecule has 1 aromatic rings. The second-order valence-corrected chi connectivity index (χ2v) is 4.27. The van der Waals surface area contributed by atoms with E-state index in [1.165, 1.54) is 12.8 Å². The van der Waals surface area contributed by atoms with Crippen LogP contribution in [-0.4, -0.2) is 21.7 Å². The van der Waals surface area contributed by atoms with Crippen molar-refractivity contribution in [3.8, 4) is 0 Å². The molecule has 4 nitrogen and oxygen atoms in total. The highest BCUT2D eigenvalue weighted by Crippen LogP contribution is 2.17. The van der Waals surface area contributed by atoms with Crippen LogP contribution in [0.25, 0.3) is 6.08 Å². The van der Waals surface area contributed by atoms with Gasteiger partial charge >= 0.3 is 0 Å². The van der Waals surface area contributed by atoms with Crippen molar-refractivity contribution in [1.82, 2.24) is 15.1 Å². The minimum Gasteiger partial charge on any atom is -0.350 e. The number of nitrogens with zero attached hydrogens (tertiary/aromatic N) is 2. The number of aryl methyl sites for hydroxylation is 1. The van der Waals surface area contributed by atoms with E-state index in [4.69, 9.17) is 0 Å². The quantitative estimate of drug-likeness (QED) is 0.783. The molecule has 1 fully saturated rings. The van der Waals surface area contributed by atoms with E-state index in [1.807, 2.05) is 13.2 Å². The zero-order chi connectivity index (χ0) is 11.4. The van der Waals surface area contributed by atoms with Crippen LogP contribution in [0.4, 0.5) is 0 Å². The molecule has 0 aliphatic heterocycles. The van der Waals surface area contributed by atoms with E-state index < -0.39 is 0 Å². The molecule has 0 spiro atoms. The van der Waals surface area contributed by atoms with Crippen molar-refractivity contribution in [2.75, 3.05) is 0 Å². The Bertz CT molecular complexity index is 389. The number of carbonyl (C=O) groups is 1. The minimum absolute atomic E-state index is 0.00393. The molecule has 0 bridgehead atoms. The van der Waals surface area contributed by atoms with E-state index in [-0.39, 0.29) is 5.91 Å². The van der Waals surface area contributed by atoms with Gasteiger partial charge in [0.2, 0.25) is 5.91 Å². The van der Waals surface area contributed by atoms with Gasteiger partial charge in [0.15, 0.2) is 0 Å². The number of aromatic nitrogens is 2. The molecule has 1 N–H and O–H groups in total. The Morgan fingerprint density at radius 1 is 1.56 bits per heavy atom. The summed E-state index contributed by atoms with van der Waals surface area (Å²) in [6.07, 6.45) is 11.7. The molecule has 2 rings (SSSR count). The topological polar surface area (TPSA) is 46.9 Å². The van der Waals surface area contributed by atoms with Crippen LogP contribution in [0.3, 0.4) is 0 Å². The van der Waals surface area contributed by atoms with Crippen LogP contribution in [-0.2, 0) is 11.8 Å². The predicted molar refractivity (Wildman–Crippen MR) is 62.6 cm³/mol. The first-order valence-corrected chi connectivity index (χ1v) is 5.71. The third-order valence-electron chi connectivity index (χ3n) is 2.85. The summed E-state index contributed by atoms with van der Waals surface area (Å²) < 4.78 is 1.72. The monoisotopic (exact) mass is 219 g/mol. The lowest BCUT2D eigenvalue weighted by Crippen LogP contribution is -2.30. The Labute approximate surface area is 95.3 Å². The van der Waals surface area contributed by atoms with Crippen LogP contribution in [0.15, 0.2) is 18.5 Å². The standard InChI is InChI=1S/C12H17N3O/c1-15-9-10(8-13-15)6-7-12(16)14-11-4-2-3-5-11/h6-9,11H,2-5H2,1H3,(H,14,16)/b7-6-. The molecule has 1 aliphatic rings. The molecule has 1 heterocycles. The maximum atomic E-state index is 11.6. The van der Waals surface area contributed by atoms with Crippen molar-refractivity contribution in [2.45, 2.75) is 31.7 Å². The summed E-state index contributed by atoms with van der Waals surface area (Å²) in [5, 5.41) is 7.03. The number of rotatable bonds is 3. The first kappa shape index (κ1) is 10.9. The van der Waals surface area contributed by atoms with Crippen molar-refractivity contribution in [2.24, 2.45) is 7.05 Å². The molecule has 1 aliphatic carbocycles. The largest absolute Gasteiger partial charge is 0.350 e. The lowest BCUT2D eigenvalue weighted by molar-refractivity contribution is -0.117. The zero-order valence-electron chi connectivity index (χ0n) is 9.52. The average molecular weight is 219 g/mol. The number of hydrogen-bond donors (Lipinski definition) is 1. The van der Waals surface area contributed by atoms with Crippen molar-refractivity contribution in [3.63, 3.8) is 0 Å². The number of hydrogen-bond acceptors (Lipinski definition) is 2. The van der Waals surface area contributed by atoms with Gasteiger partial charge in [-0.15, -0.1) is 0 Å². The fourth-order valence-electron chi connectivity index (χ4n) is 2.02.